The molecular formula is C21H24N2O4. The molecule has 0 fully saturated rings. The first-order chi connectivity index (χ1) is 12.9. The highest BCUT2D eigenvalue weighted by Gasteiger charge is 2.15. The van der Waals surface area contributed by atoms with E-state index in [2.05, 4.69) is 19.2 Å². The summed E-state index contributed by atoms with van der Waals surface area (Å²) in [5.41, 5.74) is 1.60. The Morgan fingerprint density at radius 1 is 1.22 bits per heavy atom. The van der Waals surface area contributed by atoms with Gasteiger partial charge in [-0.15, -0.1) is 0 Å². The first kappa shape index (κ1) is 20.2. The van der Waals surface area contributed by atoms with Crippen LogP contribution in [0.1, 0.15) is 37.4 Å². The van der Waals surface area contributed by atoms with Crippen molar-refractivity contribution < 1.29 is 14.5 Å². The van der Waals surface area contributed by atoms with Crippen LogP contribution in [0.3, 0.4) is 0 Å². The topological polar surface area (TPSA) is 81.5 Å². The number of nitrogens with one attached hydrogen (secondary N) is 1. The second-order valence-electron chi connectivity index (χ2n) is 6.65. The van der Waals surface area contributed by atoms with Crippen molar-refractivity contribution in [3.63, 3.8) is 0 Å². The summed E-state index contributed by atoms with van der Waals surface area (Å²) in [4.78, 5) is 22.7. The summed E-state index contributed by atoms with van der Waals surface area (Å²) >= 11 is 0. The van der Waals surface area contributed by atoms with Gasteiger partial charge in [-0.05, 0) is 41.7 Å². The lowest BCUT2D eigenvalue weighted by Crippen LogP contribution is -2.27. The van der Waals surface area contributed by atoms with E-state index < -0.39 is 4.92 Å². The number of hydrogen-bond acceptors (Lipinski definition) is 4. The number of nitro groups is 1. The Labute approximate surface area is 159 Å². The summed E-state index contributed by atoms with van der Waals surface area (Å²) in [5.74, 6) is 0.917. The summed E-state index contributed by atoms with van der Waals surface area (Å²) in [6.07, 6.45) is 3.77. The molecule has 1 unspecified atom stereocenters. The SMILES string of the molecule is COc1ccc(C(CC(C)C)NC(=O)/C=C/c2cccc([N+](=O)[O-])c2)cc1. The molecule has 0 aliphatic carbocycles. The first-order valence-corrected chi connectivity index (χ1v) is 8.76. The van der Waals surface area contributed by atoms with Crippen LogP contribution in [0.5, 0.6) is 5.75 Å². The number of amides is 1. The standard InChI is InChI=1S/C21H24N2O4/c1-15(2)13-20(17-8-10-19(27-3)11-9-17)22-21(24)12-7-16-5-4-6-18(14-16)23(25)26/h4-12,14-15,20H,13H2,1-3H3,(H,22,24)/b12-7+. The number of ether oxygens (including phenoxy) is 1. The van der Waals surface area contributed by atoms with Crippen LogP contribution >= 0.6 is 0 Å². The van der Waals surface area contributed by atoms with Crippen molar-refractivity contribution in [3.05, 3.63) is 75.8 Å². The smallest absolute Gasteiger partial charge is 0.270 e. The molecule has 0 saturated heterocycles. The van der Waals surface area contributed by atoms with Crippen LogP contribution in [0.4, 0.5) is 5.69 Å². The number of methoxy groups -OCH3 is 1. The molecule has 2 rings (SSSR count). The van der Waals surface area contributed by atoms with Crippen molar-refractivity contribution in [2.45, 2.75) is 26.3 Å². The molecule has 142 valence electrons. The van der Waals surface area contributed by atoms with Gasteiger partial charge in [-0.2, -0.15) is 0 Å². The van der Waals surface area contributed by atoms with Gasteiger partial charge in [-0.25, -0.2) is 0 Å². The van der Waals surface area contributed by atoms with Crippen molar-refractivity contribution in [2.75, 3.05) is 7.11 Å². The van der Waals surface area contributed by atoms with Gasteiger partial charge >= 0.3 is 0 Å². The second kappa shape index (κ2) is 9.52. The summed E-state index contributed by atoms with van der Waals surface area (Å²) in [7, 11) is 1.61. The minimum atomic E-state index is -0.459. The maximum Gasteiger partial charge on any atom is 0.270 e. The normalized spacial score (nSPS) is 12.1. The Bertz CT molecular complexity index is 813. The van der Waals surface area contributed by atoms with Gasteiger partial charge in [-0.3, -0.25) is 14.9 Å². The Kier molecular flexibility index (Phi) is 7.11. The molecule has 6 heteroatoms. The number of nitrogens with zero attached hydrogens (tertiary/aromatic N) is 1. The average Bonchev–Trinajstić information content (AvgIpc) is 2.66. The van der Waals surface area contributed by atoms with Crippen molar-refractivity contribution in [2.24, 2.45) is 5.92 Å². The van der Waals surface area contributed by atoms with Gasteiger partial charge in [0.15, 0.2) is 0 Å². The molecule has 0 bridgehead atoms. The maximum absolute atomic E-state index is 12.4. The van der Waals surface area contributed by atoms with Gasteiger partial charge in [0.1, 0.15) is 5.75 Å². The number of non-ortho nitro benzene ring substituents is 1. The van der Waals surface area contributed by atoms with Crippen LogP contribution < -0.4 is 10.1 Å². The highest BCUT2D eigenvalue weighted by atomic mass is 16.6. The molecule has 1 N–H and O–H groups in total. The van der Waals surface area contributed by atoms with Crippen LogP contribution in [-0.4, -0.2) is 17.9 Å². The number of carbonyl (C=O) groups excluding carboxylic acids is 1. The number of rotatable bonds is 8. The molecule has 0 aliphatic heterocycles. The zero-order valence-electron chi connectivity index (χ0n) is 15.7. The van der Waals surface area contributed by atoms with E-state index in [1.54, 1.807) is 25.3 Å². The van der Waals surface area contributed by atoms with E-state index >= 15 is 0 Å². The largest absolute Gasteiger partial charge is 0.497 e. The van der Waals surface area contributed by atoms with Gasteiger partial charge in [-0.1, -0.05) is 38.1 Å². The maximum atomic E-state index is 12.4. The molecule has 2 aromatic carbocycles. The molecule has 0 radical (unpaired) electrons. The minimum absolute atomic E-state index is 0.00604. The zero-order valence-corrected chi connectivity index (χ0v) is 15.7. The van der Waals surface area contributed by atoms with Gasteiger partial charge in [0.25, 0.3) is 5.69 Å². The molecule has 1 amide bonds. The predicted molar refractivity (Wildman–Crippen MR) is 105 cm³/mol. The van der Waals surface area contributed by atoms with Crippen molar-refractivity contribution in [3.8, 4) is 5.75 Å². The van der Waals surface area contributed by atoms with Gasteiger partial charge in [0.2, 0.25) is 5.91 Å². The molecule has 0 aromatic heterocycles. The summed E-state index contributed by atoms with van der Waals surface area (Å²) in [6, 6.07) is 13.6. The highest BCUT2D eigenvalue weighted by Crippen LogP contribution is 2.23. The molecule has 6 nitrogen and oxygen atoms in total. The highest BCUT2D eigenvalue weighted by molar-refractivity contribution is 5.92. The van der Waals surface area contributed by atoms with Crippen LogP contribution in [0.2, 0.25) is 0 Å². The minimum Gasteiger partial charge on any atom is -0.497 e. The van der Waals surface area contributed by atoms with Gasteiger partial charge < -0.3 is 10.1 Å². The molecule has 0 saturated carbocycles. The van der Waals surface area contributed by atoms with Crippen LogP contribution in [0.15, 0.2) is 54.6 Å². The fourth-order valence-corrected chi connectivity index (χ4v) is 2.72. The monoisotopic (exact) mass is 368 g/mol. The van der Waals surface area contributed by atoms with Crippen LogP contribution in [0, 0.1) is 16.0 Å². The molecule has 0 spiro atoms. The average molecular weight is 368 g/mol. The van der Waals surface area contributed by atoms with E-state index in [1.807, 2.05) is 24.3 Å². The lowest BCUT2D eigenvalue weighted by atomic mass is 9.97. The Morgan fingerprint density at radius 3 is 2.52 bits per heavy atom. The van der Waals surface area contributed by atoms with Crippen LogP contribution in [-0.2, 0) is 4.79 Å². The second-order valence-corrected chi connectivity index (χ2v) is 6.65. The number of carbonyl (C=O) groups is 1. The van der Waals surface area contributed by atoms with Crippen LogP contribution in [0.25, 0.3) is 6.08 Å². The fourth-order valence-electron chi connectivity index (χ4n) is 2.72. The third-order valence-electron chi connectivity index (χ3n) is 4.05. The molecule has 0 aliphatic rings. The Morgan fingerprint density at radius 2 is 1.93 bits per heavy atom. The number of benzene rings is 2. The van der Waals surface area contributed by atoms with E-state index in [1.165, 1.54) is 18.2 Å². The molecule has 0 heterocycles. The summed E-state index contributed by atoms with van der Waals surface area (Å²) in [5, 5.41) is 13.8. The third-order valence-corrected chi connectivity index (χ3v) is 4.05. The lowest BCUT2D eigenvalue weighted by molar-refractivity contribution is -0.384. The molecule has 27 heavy (non-hydrogen) atoms. The lowest BCUT2D eigenvalue weighted by Gasteiger charge is -2.20. The third kappa shape index (κ3) is 6.26. The van der Waals surface area contributed by atoms with Gasteiger partial charge in [0.05, 0.1) is 18.1 Å². The molecule has 1 atom stereocenters. The van der Waals surface area contributed by atoms with E-state index in [0.717, 1.165) is 17.7 Å². The van der Waals surface area contributed by atoms with Crippen molar-refractivity contribution in [1.82, 2.24) is 5.32 Å². The molecule has 2 aromatic rings. The van der Waals surface area contributed by atoms with E-state index in [-0.39, 0.29) is 17.6 Å². The quantitative estimate of drug-likeness (QED) is 0.422. The van der Waals surface area contributed by atoms with E-state index in [0.29, 0.717) is 11.5 Å². The predicted octanol–water partition coefficient (Wildman–Crippen LogP) is 4.52. The zero-order chi connectivity index (χ0) is 19.8. The van der Waals surface area contributed by atoms with Crippen molar-refractivity contribution >= 4 is 17.7 Å². The van der Waals surface area contributed by atoms with Gasteiger partial charge in [0, 0.05) is 18.2 Å². The number of nitro benzene ring substituents is 1. The molecular weight excluding hydrogens is 344 g/mol. The van der Waals surface area contributed by atoms with E-state index in [9.17, 15) is 14.9 Å². The number of hydrogen-bond donors (Lipinski definition) is 1. The Balaban J connectivity index is 2.10. The summed E-state index contributed by atoms with van der Waals surface area (Å²) < 4.78 is 5.18. The van der Waals surface area contributed by atoms with E-state index in [4.69, 9.17) is 4.74 Å². The fraction of sp³-hybridized carbons (Fsp3) is 0.286. The van der Waals surface area contributed by atoms with Crippen molar-refractivity contribution in [1.29, 1.82) is 0 Å². The summed E-state index contributed by atoms with van der Waals surface area (Å²) in [6.45, 7) is 4.20. The Hall–Kier alpha value is -3.15. The first-order valence-electron chi connectivity index (χ1n) is 8.76.